The number of aliphatic imine (C=N–C) groups is 1. The van der Waals surface area contributed by atoms with E-state index in [-0.39, 0.29) is 24.7 Å². The molecule has 0 radical (unpaired) electrons. The number of carbonyl (C=O) groups is 2. The van der Waals surface area contributed by atoms with Crippen LogP contribution in [0.4, 0.5) is 5.69 Å². The standard InChI is InChI=1S/C20H16BrN3O2/c1-11-15(16-8-12(21)6-7-18(16)23-11)9-13(25)10-22-19-14-4-2-3-5-17(14)24-20(19)26/h2-8,23H,9-10H2,1H3,(H,22,24,26). The molecule has 3 aromatic rings. The van der Waals surface area contributed by atoms with E-state index in [4.69, 9.17) is 0 Å². The summed E-state index contributed by atoms with van der Waals surface area (Å²) in [6, 6.07) is 13.3. The Labute approximate surface area is 158 Å². The van der Waals surface area contributed by atoms with Crippen LogP contribution in [0.1, 0.15) is 16.8 Å². The molecule has 0 aliphatic carbocycles. The minimum Gasteiger partial charge on any atom is -0.358 e. The number of aryl methyl sites for hydroxylation is 1. The lowest BCUT2D eigenvalue weighted by Crippen LogP contribution is -2.17. The van der Waals surface area contributed by atoms with Gasteiger partial charge in [-0.3, -0.25) is 14.6 Å². The molecule has 2 heterocycles. The Hall–Kier alpha value is -2.73. The molecule has 5 nitrogen and oxygen atoms in total. The minimum absolute atomic E-state index is 0.0167. The van der Waals surface area contributed by atoms with Crippen LogP contribution in [0, 0.1) is 6.92 Å². The Morgan fingerprint density at radius 3 is 2.85 bits per heavy atom. The highest BCUT2D eigenvalue weighted by Gasteiger charge is 2.25. The molecule has 0 spiro atoms. The van der Waals surface area contributed by atoms with Crippen molar-refractivity contribution in [2.75, 3.05) is 11.9 Å². The van der Waals surface area contributed by atoms with Crippen molar-refractivity contribution in [3.63, 3.8) is 0 Å². The van der Waals surface area contributed by atoms with E-state index in [0.29, 0.717) is 5.71 Å². The summed E-state index contributed by atoms with van der Waals surface area (Å²) in [4.78, 5) is 32.2. The number of amides is 1. The summed E-state index contributed by atoms with van der Waals surface area (Å²) < 4.78 is 0.970. The zero-order valence-corrected chi connectivity index (χ0v) is 15.7. The van der Waals surface area contributed by atoms with E-state index >= 15 is 0 Å². The topological polar surface area (TPSA) is 74.3 Å². The quantitative estimate of drug-likeness (QED) is 0.687. The number of fused-ring (bicyclic) bond motifs is 2. The van der Waals surface area contributed by atoms with Crippen molar-refractivity contribution in [1.82, 2.24) is 4.98 Å². The lowest BCUT2D eigenvalue weighted by atomic mass is 10.1. The van der Waals surface area contributed by atoms with Crippen molar-refractivity contribution >= 4 is 49.9 Å². The zero-order chi connectivity index (χ0) is 18.3. The highest BCUT2D eigenvalue weighted by molar-refractivity contribution is 9.10. The first kappa shape index (κ1) is 16.7. The zero-order valence-electron chi connectivity index (χ0n) is 14.1. The summed E-state index contributed by atoms with van der Waals surface area (Å²) in [5.41, 5.74) is 4.76. The third-order valence-corrected chi connectivity index (χ3v) is 5.01. The largest absolute Gasteiger partial charge is 0.358 e. The van der Waals surface area contributed by atoms with Crippen LogP contribution in [0.5, 0.6) is 0 Å². The summed E-state index contributed by atoms with van der Waals surface area (Å²) in [5, 5.41) is 3.79. The fourth-order valence-corrected chi connectivity index (χ4v) is 3.62. The SMILES string of the molecule is Cc1[nH]c2ccc(Br)cc2c1CC(=O)CN=C1C(=O)Nc2ccccc21. The van der Waals surface area contributed by atoms with Gasteiger partial charge >= 0.3 is 0 Å². The van der Waals surface area contributed by atoms with Gasteiger partial charge in [0.25, 0.3) is 5.91 Å². The van der Waals surface area contributed by atoms with E-state index in [2.05, 4.69) is 31.2 Å². The van der Waals surface area contributed by atoms with Gasteiger partial charge < -0.3 is 10.3 Å². The first-order chi connectivity index (χ1) is 12.5. The van der Waals surface area contributed by atoms with E-state index in [9.17, 15) is 9.59 Å². The van der Waals surface area contributed by atoms with Crippen LogP contribution in [0.25, 0.3) is 10.9 Å². The summed E-state index contributed by atoms with van der Waals surface area (Å²) in [7, 11) is 0. The van der Waals surface area contributed by atoms with Crippen molar-refractivity contribution in [3.05, 3.63) is 63.8 Å². The molecule has 1 aromatic heterocycles. The molecule has 1 aliphatic heterocycles. The number of benzene rings is 2. The van der Waals surface area contributed by atoms with Crippen molar-refractivity contribution in [1.29, 1.82) is 0 Å². The second kappa shape index (κ2) is 6.53. The number of H-pyrrole nitrogens is 1. The number of Topliss-reactive ketones (excluding diaryl/α,β-unsaturated/α-hetero) is 1. The average Bonchev–Trinajstić information content (AvgIpc) is 3.09. The molecular weight excluding hydrogens is 394 g/mol. The van der Waals surface area contributed by atoms with Crippen LogP contribution in [-0.4, -0.2) is 28.9 Å². The molecule has 6 heteroatoms. The number of hydrogen-bond donors (Lipinski definition) is 2. The number of carbonyl (C=O) groups excluding carboxylic acids is 2. The number of nitrogens with zero attached hydrogens (tertiary/aromatic N) is 1. The van der Waals surface area contributed by atoms with Crippen molar-refractivity contribution in [2.24, 2.45) is 4.99 Å². The van der Waals surface area contributed by atoms with Crippen LogP contribution < -0.4 is 5.32 Å². The Morgan fingerprint density at radius 2 is 2.00 bits per heavy atom. The van der Waals surface area contributed by atoms with Gasteiger partial charge in [0.2, 0.25) is 0 Å². The van der Waals surface area contributed by atoms with Gasteiger partial charge in [-0.25, -0.2) is 0 Å². The number of ketones is 1. The predicted octanol–water partition coefficient (Wildman–Crippen LogP) is 3.79. The summed E-state index contributed by atoms with van der Waals surface area (Å²) in [5.74, 6) is -0.287. The Morgan fingerprint density at radius 1 is 1.19 bits per heavy atom. The number of aromatic nitrogens is 1. The van der Waals surface area contributed by atoms with Crippen LogP contribution >= 0.6 is 15.9 Å². The smallest absolute Gasteiger partial charge is 0.274 e. The molecule has 1 amide bonds. The molecule has 2 aromatic carbocycles. The van der Waals surface area contributed by atoms with Crippen molar-refractivity contribution < 1.29 is 9.59 Å². The highest BCUT2D eigenvalue weighted by atomic mass is 79.9. The van der Waals surface area contributed by atoms with Crippen LogP contribution in [0.2, 0.25) is 0 Å². The lowest BCUT2D eigenvalue weighted by Gasteiger charge is -2.01. The predicted molar refractivity (Wildman–Crippen MR) is 106 cm³/mol. The Bertz CT molecular complexity index is 1080. The molecule has 0 atom stereocenters. The molecule has 0 bridgehead atoms. The van der Waals surface area contributed by atoms with E-state index in [0.717, 1.165) is 37.9 Å². The molecule has 1 aliphatic rings. The molecule has 0 fully saturated rings. The molecule has 0 saturated heterocycles. The van der Waals surface area contributed by atoms with E-state index in [1.54, 1.807) is 0 Å². The number of hydrogen-bond acceptors (Lipinski definition) is 3. The van der Waals surface area contributed by atoms with Gasteiger partial charge in [0.1, 0.15) is 5.71 Å². The van der Waals surface area contributed by atoms with E-state index in [1.165, 1.54) is 0 Å². The van der Waals surface area contributed by atoms with E-state index < -0.39 is 0 Å². The molecule has 2 N–H and O–H groups in total. The lowest BCUT2D eigenvalue weighted by molar-refractivity contribution is -0.117. The summed E-state index contributed by atoms with van der Waals surface area (Å²) in [6.45, 7) is 1.94. The average molecular weight is 410 g/mol. The maximum absolute atomic E-state index is 12.5. The van der Waals surface area contributed by atoms with Gasteiger partial charge in [-0.1, -0.05) is 34.1 Å². The molecule has 26 heavy (non-hydrogen) atoms. The van der Waals surface area contributed by atoms with Gasteiger partial charge in [0, 0.05) is 33.1 Å². The van der Waals surface area contributed by atoms with Crippen LogP contribution in [-0.2, 0) is 16.0 Å². The van der Waals surface area contributed by atoms with E-state index in [1.807, 2.05) is 49.4 Å². The van der Waals surface area contributed by atoms with Gasteiger partial charge in [-0.2, -0.15) is 0 Å². The van der Waals surface area contributed by atoms with Gasteiger partial charge in [-0.05, 0) is 36.8 Å². The van der Waals surface area contributed by atoms with Gasteiger partial charge in [0.15, 0.2) is 5.78 Å². The Balaban J connectivity index is 1.56. The number of aromatic amines is 1. The fourth-order valence-electron chi connectivity index (χ4n) is 3.26. The first-order valence-corrected chi connectivity index (χ1v) is 9.06. The number of para-hydroxylation sites is 1. The highest BCUT2D eigenvalue weighted by Crippen LogP contribution is 2.26. The number of halogens is 1. The third kappa shape index (κ3) is 2.97. The minimum atomic E-state index is -0.258. The Kier molecular flexibility index (Phi) is 4.20. The molecule has 0 unspecified atom stereocenters. The normalized spacial score (nSPS) is 14.7. The second-order valence-corrected chi connectivity index (χ2v) is 7.21. The molecule has 4 rings (SSSR count). The van der Waals surface area contributed by atoms with Crippen LogP contribution in [0.3, 0.4) is 0 Å². The molecule has 0 saturated carbocycles. The van der Waals surface area contributed by atoms with Gasteiger partial charge in [-0.15, -0.1) is 0 Å². The maximum Gasteiger partial charge on any atom is 0.274 e. The third-order valence-electron chi connectivity index (χ3n) is 4.51. The fraction of sp³-hybridized carbons (Fsp3) is 0.150. The summed E-state index contributed by atoms with van der Waals surface area (Å²) in [6.07, 6.45) is 0.280. The van der Waals surface area contributed by atoms with Crippen molar-refractivity contribution in [3.8, 4) is 0 Å². The number of nitrogens with one attached hydrogen (secondary N) is 2. The van der Waals surface area contributed by atoms with Gasteiger partial charge in [0.05, 0.1) is 12.2 Å². The van der Waals surface area contributed by atoms with Crippen LogP contribution in [0.15, 0.2) is 51.9 Å². The molecule has 130 valence electrons. The van der Waals surface area contributed by atoms with Crippen molar-refractivity contribution in [2.45, 2.75) is 13.3 Å². The number of rotatable bonds is 4. The summed E-state index contributed by atoms with van der Waals surface area (Å²) >= 11 is 3.47. The monoisotopic (exact) mass is 409 g/mol. The molecular formula is C20H16BrN3O2. The maximum atomic E-state index is 12.5. The first-order valence-electron chi connectivity index (χ1n) is 8.26. The second-order valence-electron chi connectivity index (χ2n) is 6.30. The number of anilines is 1.